The van der Waals surface area contributed by atoms with Gasteiger partial charge in [0.15, 0.2) is 0 Å². The van der Waals surface area contributed by atoms with E-state index in [0.717, 1.165) is 19.8 Å². The van der Waals surface area contributed by atoms with Gasteiger partial charge in [0.1, 0.15) is 0 Å². The van der Waals surface area contributed by atoms with E-state index in [9.17, 15) is 0 Å². The molecule has 0 bridgehead atoms. The van der Waals surface area contributed by atoms with Crippen LogP contribution in [0, 0.1) is 0 Å². The second kappa shape index (κ2) is 12.6. The van der Waals surface area contributed by atoms with Gasteiger partial charge in [-0.25, -0.2) is 0 Å². The maximum absolute atomic E-state index is 3.50. The Balaban J connectivity index is 0.000000123. The molecule has 0 saturated heterocycles. The van der Waals surface area contributed by atoms with Crippen LogP contribution in [0.25, 0.3) is 38.6 Å². The molecule has 0 spiro atoms. The van der Waals surface area contributed by atoms with Crippen LogP contribution in [0.4, 0.5) is 0 Å². The molecule has 1 nitrogen and oxygen atoms in total. The number of fused-ring (bicyclic) bond motifs is 6. The Morgan fingerprint density at radius 3 is 1.22 bits per heavy atom. The zero-order valence-corrected chi connectivity index (χ0v) is 26.9. The van der Waals surface area contributed by atoms with Crippen LogP contribution in [-0.4, -0.2) is 4.57 Å². The normalized spacial score (nSPS) is 11.2. The van der Waals surface area contributed by atoms with Crippen molar-refractivity contribution in [2.45, 2.75) is 6.42 Å². The first-order valence-corrected chi connectivity index (χ1v) is 15.8. The number of hydrogen-bond acceptors (Lipinski definition) is 0. The molecule has 1 aliphatic carbocycles. The summed E-state index contributed by atoms with van der Waals surface area (Å²) in [4.78, 5) is 0. The van der Waals surface area contributed by atoms with Gasteiger partial charge in [0.25, 0.3) is 0 Å². The lowest BCUT2D eigenvalue weighted by Gasteiger charge is -2.07. The lowest BCUT2D eigenvalue weighted by Crippen LogP contribution is -1.92. The second-order valence-corrected chi connectivity index (χ2v) is 12.5. The summed E-state index contributed by atoms with van der Waals surface area (Å²) < 4.78 is 5.64. The third-order valence-corrected chi connectivity index (χ3v) is 8.76. The lowest BCUT2D eigenvalue weighted by molar-refractivity contribution is 1.18. The van der Waals surface area contributed by atoms with Gasteiger partial charge in [-0.3, -0.25) is 0 Å². The number of aromatic nitrogens is 1. The van der Waals surface area contributed by atoms with Gasteiger partial charge in [-0.15, -0.1) is 0 Å². The fourth-order valence-corrected chi connectivity index (χ4v) is 6.09. The Kier molecular flexibility index (Phi) is 8.52. The minimum absolute atomic E-state index is 1.10. The summed E-state index contributed by atoms with van der Waals surface area (Å²) in [5.74, 6) is 0. The van der Waals surface area contributed by atoms with Crippen molar-refractivity contribution in [1.82, 2.24) is 4.57 Å². The smallest absolute Gasteiger partial charge is 0.0541 e. The van der Waals surface area contributed by atoms with Crippen molar-refractivity contribution in [2.24, 2.45) is 0 Å². The van der Waals surface area contributed by atoms with Crippen LogP contribution >= 0.6 is 47.8 Å². The number of nitrogens with zero attached hydrogens (tertiary/aromatic N) is 1. The average Bonchev–Trinajstić information content (AvgIpc) is 3.56. The predicted octanol–water partition coefficient (Wildman–Crippen LogP) is 12.0. The summed E-state index contributed by atoms with van der Waals surface area (Å²) in [5, 5.41) is 2.59. The Labute approximate surface area is 265 Å². The molecule has 0 radical (unpaired) electrons. The molecule has 6 aromatic carbocycles. The maximum Gasteiger partial charge on any atom is 0.0541 e. The van der Waals surface area contributed by atoms with Crippen molar-refractivity contribution in [3.63, 3.8) is 0 Å². The lowest BCUT2D eigenvalue weighted by atomic mass is 10.1. The second-order valence-electron chi connectivity index (χ2n) is 9.77. The van der Waals surface area contributed by atoms with E-state index in [0.29, 0.717) is 0 Å². The SMILES string of the molecule is Brc1ccc(-n2c3ccccc3c3ccccc32)cc1.Brc1ccc(Br)cc1.c1ccc2c(c1)Cc1ccccc1-2. The van der Waals surface area contributed by atoms with Gasteiger partial charge in [0.05, 0.1) is 11.0 Å². The average molecular weight is 724 g/mol. The number of halogens is 3. The Morgan fingerprint density at radius 1 is 0.390 bits per heavy atom. The summed E-state index contributed by atoms with van der Waals surface area (Å²) >= 11 is 10.1. The number of benzene rings is 6. The van der Waals surface area contributed by atoms with Crippen molar-refractivity contribution in [2.75, 3.05) is 0 Å². The number of hydrogen-bond donors (Lipinski definition) is 0. The van der Waals surface area contributed by atoms with Gasteiger partial charge in [-0.05, 0) is 89.3 Å². The quantitative estimate of drug-likeness (QED) is 0.159. The topological polar surface area (TPSA) is 4.93 Å². The van der Waals surface area contributed by atoms with E-state index < -0.39 is 0 Å². The molecule has 8 rings (SSSR count). The van der Waals surface area contributed by atoms with E-state index in [4.69, 9.17) is 0 Å². The molecule has 0 amide bonds. The van der Waals surface area contributed by atoms with Crippen LogP contribution in [0.3, 0.4) is 0 Å². The summed E-state index contributed by atoms with van der Waals surface area (Å²) in [6.07, 6.45) is 1.10. The highest BCUT2D eigenvalue weighted by Gasteiger charge is 2.16. The van der Waals surface area contributed by atoms with Crippen molar-refractivity contribution in [3.8, 4) is 16.8 Å². The molecule has 200 valence electrons. The minimum Gasteiger partial charge on any atom is -0.309 e. The fourth-order valence-electron chi connectivity index (χ4n) is 5.30. The van der Waals surface area contributed by atoms with Crippen molar-refractivity contribution in [1.29, 1.82) is 0 Å². The van der Waals surface area contributed by atoms with E-state index in [-0.39, 0.29) is 0 Å². The van der Waals surface area contributed by atoms with E-state index in [1.54, 1.807) is 0 Å². The number of rotatable bonds is 1. The first kappa shape index (κ1) is 27.7. The molecule has 41 heavy (non-hydrogen) atoms. The van der Waals surface area contributed by atoms with E-state index in [1.165, 1.54) is 49.7 Å². The monoisotopic (exact) mass is 721 g/mol. The van der Waals surface area contributed by atoms with Crippen LogP contribution < -0.4 is 0 Å². The third kappa shape index (κ3) is 6.11. The first-order chi connectivity index (χ1) is 20.1. The maximum atomic E-state index is 3.50. The minimum atomic E-state index is 1.10. The highest BCUT2D eigenvalue weighted by molar-refractivity contribution is 9.11. The Hall–Kier alpha value is -3.44. The Bertz CT molecular complexity index is 1820. The van der Waals surface area contributed by atoms with E-state index in [2.05, 4.69) is 174 Å². The molecule has 0 N–H and O–H groups in total. The summed E-state index contributed by atoms with van der Waals surface area (Å²) in [7, 11) is 0. The fraction of sp³-hybridized carbons (Fsp3) is 0.0270. The van der Waals surface area contributed by atoms with Crippen molar-refractivity contribution < 1.29 is 0 Å². The zero-order valence-electron chi connectivity index (χ0n) is 22.1. The van der Waals surface area contributed by atoms with Gasteiger partial charge in [-0.2, -0.15) is 0 Å². The number of para-hydroxylation sites is 2. The molecule has 0 fully saturated rings. The largest absolute Gasteiger partial charge is 0.309 e. The van der Waals surface area contributed by atoms with Crippen LogP contribution in [0.2, 0.25) is 0 Å². The standard InChI is InChI=1S/C18H12BrN.C13H10.C6H4Br2/c19-13-9-11-14(12-10-13)20-17-7-3-1-5-15(17)16-6-2-4-8-18(16)20;1-3-7-12-10(5-1)9-11-6-2-4-8-13(11)12;7-5-1-2-6(8)4-3-5/h1-12H;1-8H,9H2;1-4H. The molecule has 1 aliphatic rings. The molecule has 1 heterocycles. The van der Waals surface area contributed by atoms with Gasteiger partial charge in [-0.1, -0.05) is 133 Å². The van der Waals surface area contributed by atoms with Gasteiger partial charge < -0.3 is 4.57 Å². The zero-order chi connectivity index (χ0) is 28.2. The molecule has 0 unspecified atom stereocenters. The molecular formula is C37H26Br3N. The molecule has 4 heteroatoms. The summed E-state index contributed by atoms with van der Waals surface area (Å²) in [5.41, 5.74) is 9.43. The van der Waals surface area contributed by atoms with Crippen LogP contribution in [0.1, 0.15) is 11.1 Å². The summed E-state index contributed by atoms with van der Waals surface area (Å²) in [6, 6.07) is 50.8. The van der Waals surface area contributed by atoms with Gasteiger partial charge >= 0.3 is 0 Å². The van der Waals surface area contributed by atoms with Crippen LogP contribution in [-0.2, 0) is 6.42 Å². The first-order valence-electron chi connectivity index (χ1n) is 13.4. The van der Waals surface area contributed by atoms with Crippen LogP contribution in [0.5, 0.6) is 0 Å². The molecule has 7 aromatic rings. The van der Waals surface area contributed by atoms with Crippen molar-refractivity contribution >= 4 is 69.6 Å². The summed E-state index contributed by atoms with van der Waals surface area (Å²) in [6.45, 7) is 0. The molecule has 0 aliphatic heterocycles. The third-order valence-electron chi connectivity index (χ3n) is 7.17. The highest BCUT2D eigenvalue weighted by Crippen LogP contribution is 2.36. The molecule has 0 saturated carbocycles. The molecular weight excluding hydrogens is 698 g/mol. The van der Waals surface area contributed by atoms with Gasteiger partial charge in [0, 0.05) is 29.9 Å². The van der Waals surface area contributed by atoms with Crippen LogP contribution in [0.15, 0.2) is 159 Å². The molecule has 0 atom stereocenters. The highest BCUT2D eigenvalue weighted by atomic mass is 79.9. The predicted molar refractivity (Wildman–Crippen MR) is 185 cm³/mol. The van der Waals surface area contributed by atoms with Crippen molar-refractivity contribution in [3.05, 3.63) is 170 Å². The molecule has 1 aromatic heterocycles. The Morgan fingerprint density at radius 2 is 0.756 bits per heavy atom. The van der Waals surface area contributed by atoms with E-state index in [1.807, 2.05) is 24.3 Å². The van der Waals surface area contributed by atoms with E-state index >= 15 is 0 Å². The van der Waals surface area contributed by atoms with Gasteiger partial charge in [0.2, 0.25) is 0 Å².